The van der Waals surface area contributed by atoms with Crippen LogP contribution >= 0.6 is 0 Å². The fourth-order valence-electron chi connectivity index (χ4n) is 2.09. The Morgan fingerprint density at radius 1 is 0.882 bits per heavy atom. The van der Waals surface area contributed by atoms with Gasteiger partial charge >= 0.3 is 0 Å². The zero-order valence-corrected chi connectivity index (χ0v) is 11.0. The minimum atomic E-state index is -2.23. The van der Waals surface area contributed by atoms with Crippen molar-refractivity contribution in [2.75, 3.05) is 7.11 Å². The van der Waals surface area contributed by atoms with E-state index in [2.05, 4.69) is 30.8 Å². The molecule has 0 amide bonds. The summed E-state index contributed by atoms with van der Waals surface area (Å²) in [4.78, 5) is 0. The molecule has 0 spiro atoms. The molecule has 0 saturated heterocycles. The molecule has 0 bridgehead atoms. The van der Waals surface area contributed by atoms with E-state index < -0.39 is 8.32 Å². The molecule has 2 rings (SSSR count). The van der Waals surface area contributed by atoms with Crippen molar-refractivity contribution in [3.63, 3.8) is 0 Å². The van der Waals surface area contributed by atoms with Gasteiger partial charge in [0.25, 0.3) is 8.32 Å². The molecule has 2 aromatic rings. The molecule has 86 valence electrons. The highest BCUT2D eigenvalue weighted by Crippen LogP contribution is 2.07. The first kappa shape index (κ1) is 11.8. The Morgan fingerprint density at radius 2 is 1.29 bits per heavy atom. The maximum atomic E-state index is 5.88. The maximum Gasteiger partial charge on any atom is 0.280 e. The third kappa shape index (κ3) is 2.09. The molecule has 0 aliphatic carbocycles. The van der Waals surface area contributed by atoms with Gasteiger partial charge < -0.3 is 4.43 Å². The molecule has 1 nitrogen and oxygen atoms in total. The Balaban J connectivity index is 2.58. The smallest absolute Gasteiger partial charge is 0.280 e. The molecule has 0 aliphatic heterocycles. The second kappa shape index (κ2) is 5.12. The van der Waals surface area contributed by atoms with Gasteiger partial charge in [-0.1, -0.05) is 66.4 Å². The highest BCUT2D eigenvalue weighted by molar-refractivity contribution is 7.01. The summed E-state index contributed by atoms with van der Waals surface area (Å²) in [6.45, 7) is 3.99. The average Bonchev–Trinajstić information content (AvgIpc) is 2.43. The molecule has 2 aromatic carbocycles. The van der Waals surface area contributed by atoms with Gasteiger partial charge in [-0.15, -0.1) is 6.58 Å². The summed E-state index contributed by atoms with van der Waals surface area (Å²) in [5.74, 6) is 0. The monoisotopic (exact) mass is 240 g/mol. The first-order valence-electron chi connectivity index (χ1n) is 5.63. The van der Waals surface area contributed by atoms with Crippen molar-refractivity contribution >= 4 is 18.7 Å². The third-order valence-electron chi connectivity index (χ3n) is 3.01. The molecule has 0 unspecified atom stereocenters. The van der Waals surface area contributed by atoms with Crippen LogP contribution in [0.5, 0.6) is 0 Å². The van der Waals surface area contributed by atoms with E-state index in [-0.39, 0.29) is 0 Å². The van der Waals surface area contributed by atoms with E-state index in [1.165, 1.54) is 10.4 Å². The molecular formula is C15H16OSi. The van der Waals surface area contributed by atoms with Crippen molar-refractivity contribution in [2.45, 2.75) is 0 Å². The van der Waals surface area contributed by atoms with Crippen molar-refractivity contribution in [2.24, 2.45) is 0 Å². The van der Waals surface area contributed by atoms with Crippen LogP contribution in [0.3, 0.4) is 0 Å². The van der Waals surface area contributed by atoms with Crippen molar-refractivity contribution in [3.8, 4) is 0 Å². The first-order chi connectivity index (χ1) is 8.33. The van der Waals surface area contributed by atoms with Gasteiger partial charge in [0.05, 0.1) is 0 Å². The molecule has 0 saturated carbocycles. The summed E-state index contributed by atoms with van der Waals surface area (Å²) in [6, 6.07) is 20.7. The number of benzene rings is 2. The lowest BCUT2D eigenvalue weighted by atomic mass is 10.4. The molecule has 0 fully saturated rings. The highest BCUT2D eigenvalue weighted by atomic mass is 28.4. The summed E-state index contributed by atoms with van der Waals surface area (Å²) in [5.41, 5.74) is 1.98. The predicted molar refractivity (Wildman–Crippen MR) is 75.1 cm³/mol. The zero-order valence-electron chi connectivity index (χ0n) is 9.97. The summed E-state index contributed by atoms with van der Waals surface area (Å²) in [6.07, 6.45) is 0. The van der Waals surface area contributed by atoms with Crippen molar-refractivity contribution in [1.82, 2.24) is 0 Å². The van der Waals surface area contributed by atoms with Gasteiger partial charge in [-0.05, 0) is 10.4 Å². The summed E-state index contributed by atoms with van der Waals surface area (Å²) in [5, 5.41) is 2.45. The fraction of sp³-hybridized carbons (Fsp3) is 0.0667. The predicted octanol–water partition coefficient (Wildman–Crippen LogP) is 2.12. The molecule has 0 atom stereocenters. The van der Waals surface area contributed by atoms with E-state index in [0.717, 1.165) is 0 Å². The van der Waals surface area contributed by atoms with Crippen molar-refractivity contribution in [1.29, 1.82) is 0 Å². The summed E-state index contributed by atoms with van der Waals surface area (Å²) in [7, 11) is -0.460. The Hall–Kier alpha value is -1.64. The Morgan fingerprint density at radius 3 is 1.59 bits per heavy atom. The van der Waals surface area contributed by atoms with Crippen LogP contribution in [-0.4, -0.2) is 15.4 Å². The lowest BCUT2D eigenvalue weighted by Gasteiger charge is -2.27. The largest absolute Gasteiger partial charge is 0.408 e. The molecule has 0 aromatic heterocycles. The van der Waals surface area contributed by atoms with Gasteiger partial charge in [-0.3, -0.25) is 0 Å². The topological polar surface area (TPSA) is 9.23 Å². The van der Waals surface area contributed by atoms with Crippen molar-refractivity contribution in [3.05, 3.63) is 72.9 Å². The van der Waals surface area contributed by atoms with Gasteiger partial charge in [0, 0.05) is 7.11 Å². The molecular weight excluding hydrogens is 224 g/mol. The highest BCUT2D eigenvalue weighted by Gasteiger charge is 2.34. The van der Waals surface area contributed by atoms with Gasteiger partial charge in [0.2, 0.25) is 0 Å². The van der Waals surface area contributed by atoms with E-state index in [4.69, 9.17) is 4.43 Å². The summed E-state index contributed by atoms with van der Waals surface area (Å²) >= 11 is 0. The minimum absolute atomic E-state index is 1.23. The fourth-order valence-corrected chi connectivity index (χ4v) is 4.91. The quantitative estimate of drug-likeness (QED) is 0.744. The standard InChI is InChI=1S/C15H16OSi/c1-3-17(16-2,14-10-6-4-7-11-14)15-12-8-5-9-13-15/h3-13H,1H2,2H3. The molecule has 0 aliphatic rings. The molecule has 17 heavy (non-hydrogen) atoms. The molecule has 2 heteroatoms. The Bertz CT molecular complexity index is 439. The van der Waals surface area contributed by atoms with E-state index in [1.807, 2.05) is 42.1 Å². The lowest BCUT2D eigenvalue weighted by Crippen LogP contribution is -2.58. The van der Waals surface area contributed by atoms with Gasteiger partial charge in [-0.2, -0.15) is 0 Å². The minimum Gasteiger partial charge on any atom is -0.408 e. The van der Waals surface area contributed by atoms with Crippen LogP contribution < -0.4 is 10.4 Å². The van der Waals surface area contributed by atoms with E-state index in [1.54, 1.807) is 7.11 Å². The van der Waals surface area contributed by atoms with Gasteiger partial charge in [0.1, 0.15) is 0 Å². The van der Waals surface area contributed by atoms with Crippen LogP contribution in [0, 0.1) is 0 Å². The SMILES string of the molecule is C=C[Si](OC)(c1ccccc1)c1ccccc1. The number of hydrogen-bond donors (Lipinski definition) is 0. The zero-order chi connectivity index (χ0) is 12.1. The first-order valence-corrected chi connectivity index (χ1v) is 7.62. The number of rotatable bonds is 4. The van der Waals surface area contributed by atoms with Crippen LogP contribution in [0.2, 0.25) is 0 Å². The van der Waals surface area contributed by atoms with Crippen LogP contribution in [-0.2, 0) is 4.43 Å². The second-order valence-electron chi connectivity index (χ2n) is 3.88. The van der Waals surface area contributed by atoms with Crippen LogP contribution in [0.15, 0.2) is 72.9 Å². The Labute approximate surface area is 104 Å². The normalized spacial score (nSPS) is 11.1. The van der Waals surface area contributed by atoms with Crippen molar-refractivity contribution < 1.29 is 4.43 Å². The summed E-state index contributed by atoms with van der Waals surface area (Å²) < 4.78 is 5.88. The lowest BCUT2D eigenvalue weighted by molar-refractivity contribution is 0.426. The van der Waals surface area contributed by atoms with Gasteiger partial charge in [-0.25, -0.2) is 0 Å². The van der Waals surface area contributed by atoms with E-state index in [0.29, 0.717) is 0 Å². The average molecular weight is 240 g/mol. The van der Waals surface area contributed by atoms with E-state index in [9.17, 15) is 0 Å². The molecule has 0 radical (unpaired) electrons. The van der Waals surface area contributed by atoms with E-state index >= 15 is 0 Å². The van der Waals surface area contributed by atoms with Gasteiger partial charge in [0.15, 0.2) is 0 Å². The maximum absolute atomic E-state index is 5.88. The van der Waals surface area contributed by atoms with Crippen LogP contribution in [0.25, 0.3) is 0 Å². The van der Waals surface area contributed by atoms with Crippen LogP contribution in [0.4, 0.5) is 0 Å². The third-order valence-corrected chi connectivity index (χ3v) is 6.62. The molecule has 0 N–H and O–H groups in total. The Kier molecular flexibility index (Phi) is 3.57. The molecule has 0 heterocycles. The number of hydrogen-bond acceptors (Lipinski definition) is 1. The second-order valence-corrected chi connectivity index (χ2v) is 7.32. The van der Waals surface area contributed by atoms with Crippen LogP contribution in [0.1, 0.15) is 0 Å².